The zero-order chi connectivity index (χ0) is 18.0. The second-order valence-electron chi connectivity index (χ2n) is 5.36. The zero-order valence-corrected chi connectivity index (χ0v) is 15.2. The van der Waals surface area contributed by atoms with Crippen LogP contribution in [0, 0.1) is 0 Å². The molecular weight excluding hydrogens is 389 g/mol. The van der Waals surface area contributed by atoms with Gasteiger partial charge in [-0.1, -0.05) is 40.9 Å². The lowest BCUT2D eigenvalue weighted by atomic mass is 10.1. The molecule has 0 aliphatic carbocycles. The summed E-state index contributed by atoms with van der Waals surface area (Å²) < 4.78 is 11.0. The molecule has 0 bridgehead atoms. The summed E-state index contributed by atoms with van der Waals surface area (Å²) in [7, 11) is 0. The number of rotatable bonds is 4. The predicted molar refractivity (Wildman–Crippen MR) is 96.6 cm³/mol. The number of phenols is 1. The topological polar surface area (TPSA) is 67.8 Å². The minimum atomic E-state index is -0.551. The number of phenolic OH excluding ortho intramolecular Hbond substituents is 1. The Hall–Kier alpha value is -1.82. The van der Waals surface area contributed by atoms with Crippen LogP contribution < -0.4 is 14.8 Å². The smallest absolute Gasteiger partial charge is 0.256 e. The third-order valence-electron chi connectivity index (χ3n) is 3.68. The van der Waals surface area contributed by atoms with Gasteiger partial charge in [0, 0.05) is 6.54 Å². The normalized spacial score (nSPS) is 12.8. The van der Waals surface area contributed by atoms with E-state index in [1.165, 1.54) is 6.07 Å². The van der Waals surface area contributed by atoms with Crippen LogP contribution in [0.25, 0.3) is 0 Å². The number of nitrogens with one attached hydrogen (secondary N) is 1. The lowest BCUT2D eigenvalue weighted by Gasteiger charge is -2.19. The minimum absolute atomic E-state index is 0.0358. The van der Waals surface area contributed by atoms with E-state index in [1.807, 2.05) is 18.2 Å². The van der Waals surface area contributed by atoms with Crippen molar-refractivity contribution in [2.45, 2.75) is 6.42 Å². The van der Waals surface area contributed by atoms with E-state index < -0.39 is 11.7 Å². The largest absolute Gasteiger partial charge is 0.505 e. The third kappa shape index (κ3) is 3.89. The summed E-state index contributed by atoms with van der Waals surface area (Å²) in [6.07, 6.45) is 0.565. The summed E-state index contributed by atoms with van der Waals surface area (Å²) in [6, 6.07) is 6.90. The van der Waals surface area contributed by atoms with Gasteiger partial charge in [-0.3, -0.25) is 4.79 Å². The van der Waals surface area contributed by atoms with E-state index in [-0.39, 0.29) is 20.6 Å². The number of carbonyl (C=O) groups excluding carboxylic acids is 1. The number of benzene rings is 2. The van der Waals surface area contributed by atoms with Crippen LogP contribution >= 0.6 is 34.8 Å². The summed E-state index contributed by atoms with van der Waals surface area (Å²) in [5.41, 5.74) is 0.838. The molecule has 5 nitrogen and oxygen atoms in total. The van der Waals surface area contributed by atoms with Crippen molar-refractivity contribution in [3.8, 4) is 17.2 Å². The average Bonchev–Trinajstić information content (AvgIpc) is 2.60. The van der Waals surface area contributed by atoms with Gasteiger partial charge in [0.15, 0.2) is 11.5 Å². The lowest BCUT2D eigenvalue weighted by Crippen LogP contribution is -2.26. The Bertz CT molecular complexity index is 800. The molecular formula is C17H14Cl3NO4. The summed E-state index contributed by atoms with van der Waals surface area (Å²) in [5, 5.41) is 12.7. The monoisotopic (exact) mass is 401 g/mol. The number of amides is 1. The highest BCUT2D eigenvalue weighted by Gasteiger charge is 2.21. The third-order valence-corrected chi connectivity index (χ3v) is 4.75. The highest BCUT2D eigenvalue weighted by Crippen LogP contribution is 2.38. The van der Waals surface area contributed by atoms with Crippen molar-refractivity contribution in [2.75, 3.05) is 19.8 Å². The number of carbonyl (C=O) groups is 1. The van der Waals surface area contributed by atoms with Gasteiger partial charge < -0.3 is 19.9 Å². The van der Waals surface area contributed by atoms with Gasteiger partial charge >= 0.3 is 0 Å². The molecule has 2 N–H and O–H groups in total. The van der Waals surface area contributed by atoms with Crippen LogP contribution in [-0.4, -0.2) is 30.8 Å². The van der Waals surface area contributed by atoms with Gasteiger partial charge in [-0.25, -0.2) is 0 Å². The fraction of sp³-hybridized carbons (Fsp3) is 0.235. The molecule has 25 heavy (non-hydrogen) atoms. The Morgan fingerprint density at radius 2 is 1.80 bits per heavy atom. The van der Waals surface area contributed by atoms with E-state index >= 15 is 0 Å². The van der Waals surface area contributed by atoms with Gasteiger partial charge in [-0.05, 0) is 30.2 Å². The van der Waals surface area contributed by atoms with Gasteiger partial charge in [0.2, 0.25) is 0 Å². The predicted octanol–water partition coefficient (Wildman–Crippen LogP) is 4.10. The van der Waals surface area contributed by atoms with Crippen LogP contribution in [0.5, 0.6) is 17.2 Å². The Morgan fingerprint density at radius 1 is 1.08 bits per heavy atom. The van der Waals surface area contributed by atoms with Crippen molar-refractivity contribution in [3.63, 3.8) is 0 Å². The highest BCUT2D eigenvalue weighted by atomic mass is 35.5. The molecule has 0 aromatic heterocycles. The minimum Gasteiger partial charge on any atom is -0.505 e. The number of aromatic hydroxyl groups is 1. The van der Waals surface area contributed by atoms with E-state index in [0.29, 0.717) is 37.7 Å². The molecule has 0 atom stereocenters. The van der Waals surface area contributed by atoms with Crippen molar-refractivity contribution < 1.29 is 19.4 Å². The molecule has 0 spiro atoms. The summed E-state index contributed by atoms with van der Waals surface area (Å²) in [4.78, 5) is 12.3. The first kappa shape index (κ1) is 18.0. The maximum atomic E-state index is 12.3. The van der Waals surface area contributed by atoms with E-state index in [0.717, 1.165) is 5.56 Å². The number of ether oxygens (including phenoxy) is 2. The van der Waals surface area contributed by atoms with Crippen LogP contribution in [0.15, 0.2) is 24.3 Å². The van der Waals surface area contributed by atoms with E-state index in [1.54, 1.807) is 0 Å². The van der Waals surface area contributed by atoms with Gasteiger partial charge in [-0.2, -0.15) is 0 Å². The van der Waals surface area contributed by atoms with Crippen molar-refractivity contribution in [1.29, 1.82) is 0 Å². The van der Waals surface area contributed by atoms with E-state index in [2.05, 4.69) is 5.32 Å². The van der Waals surface area contributed by atoms with Crippen molar-refractivity contribution in [1.82, 2.24) is 5.32 Å². The number of hydrogen-bond donors (Lipinski definition) is 2. The molecule has 132 valence electrons. The van der Waals surface area contributed by atoms with Crippen LogP contribution in [0.4, 0.5) is 0 Å². The van der Waals surface area contributed by atoms with Crippen LogP contribution in [0.3, 0.4) is 0 Å². The lowest BCUT2D eigenvalue weighted by molar-refractivity contribution is 0.0951. The fourth-order valence-corrected chi connectivity index (χ4v) is 3.14. The molecule has 1 amide bonds. The highest BCUT2D eigenvalue weighted by molar-refractivity contribution is 6.45. The number of hydrogen-bond acceptors (Lipinski definition) is 4. The van der Waals surface area contributed by atoms with Gasteiger partial charge in [0.25, 0.3) is 5.91 Å². The van der Waals surface area contributed by atoms with Crippen molar-refractivity contribution >= 4 is 40.7 Å². The summed E-state index contributed by atoms with van der Waals surface area (Å²) in [6.45, 7) is 1.38. The average molecular weight is 403 g/mol. The molecule has 1 aliphatic heterocycles. The Balaban J connectivity index is 1.66. The molecule has 0 unspecified atom stereocenters. The second-order valence-corrected chi connectivity index (χ2v) is 6.55. The fourth-order valence-electron chi connectivity index (χ4n) is 2.45. The first-order valence-electron chi connectivity index (χ1n) is 7.50. The Kier molecular flexibility index (Phi) is 5.47. The summed E-state index contributed by atoms with van der Waals surface area (Å²) in [5.74, 6) is 0.457. The molecule has 2 aromatic rings. The molecule has 0 fully saturated rings. The van der Waals surface area contributed by atoms with Crippen LogP contribution in [0.1, 0.15) is 15.9 Å². The standard InChI is InChI=1S/C17H14Cl3NO4/c18-10-8-11(19)16(22)14(15(10)20)17(23)21-4-3-9-1-2-12-13(7-9)25-6-5-24-12/h1-2,7-8,22H,3-6H2,(H,21,23). The molecule has 8 heteroatoms. The molecule has 3 rings (SSSR count). The SMILES string of the molecule is O=C(NCCc1ccc2c(c1)OCCO2)c1c(O)c(Cl)cc(Cl)c1Cl. The Labute approximate surface area is 159 Å². The molecule has 2 aromatic carbocycles. The molecule has 0 saturated heterocycles. The first-order valence-corrected chi connectivity index (χ1v) is 8.64. The van der Waals surface area contributed by atoms with Gasteiger partial charge in [-0.15, -0.1) is 0 Å². The Morgan fingerprint density at radius 3 is 2.56 bits per heavy atom. The second kappa shape index (κ2) is 7.60. The number of halogens is 3. The van der Waals surface area contributed by atoms with E-state index in [9.17, 15) is 9.90 Å². The quantitative estimate of drug-likeness (QED) is 0.756. The number of fused-ring (bicyclic) bond motifs is 1. The van der Waals surface area contributed by atoms with Crippen LogP contribution in [0.2, 0.25) is 15.1 Å². The molecule has 1 aliphatic rings. The molecule has 1 heterocycles. The van der Waals surface area contributed by atoms with Gasteiger partial charge in [0.1, 0.15) is 24.5 Å². The van der Waals surface area contributed by atoms with Gasteiger partial charge in [0.05, 0.1) is 15.1 Å². The zero-order valence-electron chi connectivity index (χ0n) is 12.9. The molecule has 0 radical (unpaired) electrons. The van der Waals surface area contributed by atoms with E-state index in [4.69, 9.17) is 44.3 Å². The van der Waals surface area contributed by atoms with Crippen molar-refractivity contribution in [2.24, 2.45) is 0 Å². The van der Waals surface area contributed by atoms with Crippen LogP contribution in [-0.2, 0) is 6.42 Å². The molecule has 0 saturated carbocycles. The first-order chi connectivity index (χ1) is 12.0. The maximum Gasteiger partial charge on any atom is 0.256 e. The summed E-state index contributed by atoms with van der Waals surface area (Å²) >= 11 is 17.7. The van der Waals surface area contributed by atoms with Crippen molar-refractivity contribution in [3.05, 3.63) is 50.5 Å². The maximum absolute atomic E-state index is 12.3.